The summed E-state index contributed by atoms with van der Waals surface area (Å²) in [6.45, 7) is 4.76. The van der Waals surface area contributed by atoms with Crippen LogP contribution >= 0.6 is 22.9 Å². The lowest BCUT2D eigenvalue weighted by molar-refractivity contribution is -0.137. The third-order valence-corrected chi connectivity index (χ3v) is 9.95. The van der Waals surface area contributed by atoms with E-state index in [-0.39, 0.29) is 36.9 Å². The van der Waals surface area contributed by atoms with Gasteiger partial charge in [-0.3, -0.25) is 4.79 Å². The van der Waals surface area contributed by atoms with Gasteiger partial charge in [0.15, 0.2) is 0 Å². The summed E-state index contributed by atoms with van der Waals surface area (Å²) in [4.78, 5) is 16.7. The largest absolute Gasteiger partial charge is 0.481 e. The number of benzene rings is 1. The van der Waals surface area contributed by atoms with Gasteiger partial charge in [-0.2, -0.15) is 4.31 Å². The zero-order valence-electron chi connectivity index (χ0n) is 21.3. The molecule has 1 unspecified atom stereocenters. The molecule has 10 nitrogen and oxygen atoms in total. The molecule has 3 heterocycles. The summed E-state index contributed by atoms with van der Waals surface area (Å²) in [6, 6.07) is 8.58. The number of carboxylic acids is 1. The highest BCUT2D eigenvalue weighted by Crippen LogP contribution is 2.42. The highest BCUT2D eigenvalue weighted by Gasteiger charge is 2.33. The molecule has 1 aliphatic rings. The van der Waals surface area contributed by atoms with Gasteiger partial charge in [-0.15, -0.1) is 11.3 Å². The minimum Gasteiger partial charge on any atom is -0.481 e. The molecule has 0 fully saturated rings. The quantitative estimate of drug-likeness (QED) is 0.253. The van der Waals surface area contributed by atoms with Crippen molar-refractivity contribution < 1.29 is 23.1 Å². The molecule has 0 amide bonds. The second kappa shape index (κ2) is 11.5. The van der Waals surface area contributed by atoms with Crippen LogP contribution in [0, 0.1) is 6.92 Å². The number of aliphatic carboxylic acids is 1. The number of hydrogen-bond acceptors (Lipinski definition) is 9. The van der Waals surface area contributed by atoms with E-state index >= 15 is 0 Å². The van der Waals surface area contributed by atoms with Crippen LogP contribution in [0.2, 0.25) is 4.34 Å². The molecule has 4 N–H and O–H groups in total. The van der Waals surface area contributed by atoms with E-state index in [0.717, 1.165) is 27.4 Å². The van der Waals surface area contributed by atoms with Gasteiger partial charge in [-0.05, 0) is 54.8 Å². The fraction of sp³-hybridized carbons (Fsp3) is 0.360. The van der Waals surface area contributed by atoms with Gasteiger partial charge in [0.05, 0.1) is 22.1 Å². The molecular formula is C25H30ClN5O5S2. The van der Waals surface area contributed by atoms with E-state index in [4.69, 9.17) is 22.2 Å². The van der Waals surface area contributed by atoms with Gasteiger partial charge < -0.3 is 20.2 Å². The van der Waals surface area contributed by atoms with E-state index in [1.54, 1.807) is 24.2 Å². The van der Waals surface area contributed by atoms with Crippen LogP contribution in [0.4, 0.5) is 11.4 Å². The molecule has 2 aromatic heterocycles. The Morgan fingerprint density at radius 2 is 2.16 bits per heavy atom. The van der Waals surface area contributed by atoms with Gasteiger partial charge >= 0.3 is 5.97 Å². The Balaban J connectivity index is 1.71. The third kappa shape index (κ3) is 5.45. The number of sulfonamides is 1. The average Bonchev–Trinajstić information content (AvgIpc) is 3.19. The lowest BCUT2D eigenvalue weighted by Gasteiger charge is -2.25. The molecule has 4 rings (SSSR count). The zero-order chi connectivity index (χ0) is 27.6. The molecule has 0 saturated carbocycles. The van der Waals surface area contributed by atoms with Gasteiger partial charge in [0.1, 0.15) is 11.5 Å². The number of aromatic nitrogens is 1. The van der Waals surface area contributed by atoms with Gasteiger partial charge in [-0.1, -0.05) is 17.7 Å². The number of nitrogens with zero attached hydrogens (tertiary/aromatic N) is 3. The molecule has 3 aromatic rings. The van der Waals surface area contributed by atoms with Crippen LogP contribution in [0.5, 0.6) is 5.88 Å². The Bertz CT molecular complexity index is 1450. The highest BCUT2D eigenvalue weighted by atomic mass is 35.5. The first-order valence-electron chi connectivity index (χ1n) is 12.0. The summed E-state index contributed by atoms with van der Waals surface area (Å²) < 4.78 is 34.0. The molecule has 1 aromatic carbocycles. The van der Waals surface area contributed by atoms with Crippen molar-refractivity contribution >= 4 is 50.3 Å². The Labute approximate surface area is 231 Å². The van der Waals surface area contributed by atoms with Crippen molar-refractivity contribution in [1.29, 1.82) is 0 Å². The van der Waals surface area contributed by atoms with Crippen molar-refractivity contribution in [2.24, 2.45) is 5.84 Å². The number of fused-ring (bicyclic) bond motifs is 1. The molecule has 0 aliphatic carbocycles. The van der Waals surface area contributed by atoms with E-state index in [9.17, 15) is 18.3 Å². The second-order valence-corrected chi connectivity index (χ2v) is 12.4. The molecule has 1 aliphatic heterocycles. The number of nitrogens with one attached hydrogen (secondary N) is 1. The number of halogens is 1. The van der Waals surface area contributed by atoms with Crippen LogP contribution in [0.1, 0.15) is 40.8 Å². The molecule has 38 heavy (non-hydrogen) atoms. The Morgan fingerprint density at radius 1 is 1.39 bits per heavy atom. The molecule has 204 valence electrons. The SMILES string of the molecule is CCN(N)c1ccc(C(CC(=O)O)c2cc(CN3CCOc4ncccc4S3(=O)=O)c(Cl)s2)c(C)c1NC. The summed E-state index contributed by atoms with van der Waals surface area (Å²) >= 11 is 7.88. The van der Waals surface area contributed by atoms with E-state index in [0.29, 0.717) is 16.4 Å². The Hall–Kier alpha value is -2.90. The zero-order valence-corrected chi connectivity index (χ0v) is 23.7. The standard InChI is InChI=1S/C25H30ClN5O5S2/c1-4-31(27)19-8-7-17(15(2)23(19)28-3)18(13-22(32)33)20-12-16(24(26)37-20)14-30-10-11-36-25-21(38(30,34)35)6-5-9-29-25/h5-9,12,18,28H,4,10-11,13-14,27H2,1-3H3,(H,32,33). The van der Waals surface area contributed by atoms with Crippen molar-refractivity contribution in [2.75, 3.05) is 37.1 Å². The summed E-state index contributed by atoms with van der Waals surface area (Å²) in [5.41, 5.74) is 3.92. The van der Waals surface area contributed by atoms with Gasteiger partial charge in [0.25, 0.3) is 0 Å². The first-order valence-corrected chi connectivity index (χ1v) is 14.6. The van der Waals surface area contributed by atoms with Crippen molar-refractivity contribution in [3.63, 3.8) is 0 Å². The van der Waals surface area contributed by atoms with Crippen molar-refractivity contribution in [3.8, 4) is 5.88 Å². The van der Waals surface area contributed by atoms with Crippen LogP contribution < -0.4 is 20.9 Å². The van der Waals surface area contributed by atoms with Crippen LogP contribution in [0.3, 0.4) is 0 Å². The minimum atomic E-state index is -3.87. The number of carbonyl (C=O) groups is 1. The molecular weight excluding hydrogens is 550 g/mol. The molecule has 0 saturated heterocycles. The lowest BCUT2D eigenvalue weighted by Crippen LogP contribution is -2.32. The lowest BCUT2D eigenvalue weighted by atomic mass is 9.89. The second-order valence-electron chi connectivity index (χ2n) is 8.80. The predicted molar refractivity (Wildman–Crippen MR) is 149 cm³/mol. The topological polar surface area (TPSA) is 138 Å². The fourth-order valence-corrected chi connectivity index (χ4v) is 7.48. The number of ether oxygens (including phenoxy) is 1. The summed E-state index contributed by atoms with van der Waals surface area (Å²) in [5.74, 6) is 4.77. The number of thiophene rings is 1. The monoisotopic (exact) mass is 579 g/mol. The van der Waals surface area contributed by atoms with E-state index < -0.39 is 21.9 Å². The molecule has 0 bridgehead atoms. The number of nitrogens with two attached hydrogens (primary N) is 1. The minimum absolute atomic E-state index is 0.00386. The van der Waals surface area contributed by atoms with Crippen molar-refractivity contribution in [2.45, 2.75) is 37.6 Å². The number of anilines is 2. The maximum atomic E-state index is 13.3. The summed E-state index contributed by atoms with van der Waals surface area (Å²) in [5, 5.41) is 14.6. The number of rotatable bonds is 9. The number of hydrazine groups is 1. The highest BCUT2D eigenvalue weighted by molar-refractivity contribution is 7.89. The Kier molecular flexibility index (Phi) is 8.48. The average molecular weight is 580 g/mol. The number of pyridine rings is 1. The van der Waals surface area contributed by atoms with Crippen molar-refractivity contribution in [1.82, 2.24) is 9.29 Å². The van der Waals surface area contributed by atoms with Crippen LogP contribution in [0.25, 0.3) is 0 Å². The molecule has 0 radical (unpaired) electrons. The third-order valence-electron chi connectivity index (χ3n) is 6.54. The number of carboxylic acid groups (broad SMARTS) is 1. The van der Waals surface area contributed by atoms with E-state index in [1.807, 2.05) is 26.0 Å². The maximum absolute atomic E-state index is 13.3. The Morgan fingerprint density at radius 3 is 2.84 bits per heavy atom. The van der Waals surface area contributed by atoms with Crippen molar-refractivity contribution in [3.05, 3.63) is 62.4 Å². The van der Waals surface area contributed by atoms with Crippen LogP contribution in [-0.4, -0.2) is 55.5 Å². The van der Waals surface area contributed by atoms with Gasteiger partial charge in [0, 0.05) is 43.7 Å². The van der Waals surface area contributed by atoms with Gasteiger partial charge in [-0.25, -0.2) is 19.2 Å². The van der Waals surface area contributed by atoms with Crippen LogP contribution in [-0.2, 0) is 21.4 Å². The number of hydrogen-bond donors (Lipinski definition) is 3. The maximum Gasteiger partial charge on any atom is 0.304 e. The molecule has 0 spiro atoms. The molecule has 13 heteroatoms. The normalized spacial score (nSPS) is 15.7. The molecule has 1 atom stereocenters. The smallest absolute Gasteiger partial charge is 0.304 e. The first kappa shape index (κ1) is 28.1. The fourth-order valence-electron chi connectivity index (χ4n) is 4.60. The summed E-state index contributed by atoms with van der Waals surface area (Å²) in [7, 11) is -2.08. The van der Waals surface area contributed by atoms with Gasteiger partial charge in [0.2, 0.25) is 15.9 Å². The summed E-state index contributed by atoms with van der Waals surface area (Å²) in [6.07, 6.45) is 1.32. The predicted octanol–water partition coefficient (Wildman–Crippen LogP) is 4.04. The first-order chi connectivity index (χ1) is 18.1. The van der Waals surface area contributed by atoms with E-state index in [2.05, 4.69) is 10.3 Å². The van der Waals surface area contributed by atoms with Crippen LogP contribution in [0.15, 0.2) is 41.4 Å². The van der Waals surface area contributed by atoms with E-state index in [1.165, 1.54) is 27.9 Å².